The lowest BCUT2D eigenvalue weighted by atomic mass is 9.91. The molecule has 0 aromatic heterocycles. The van der Waals surface area contributed by atoms with Gasteiger partial charge < -0.3 is 14.8 Å². The van der Waals surface area contributed by atoms with E-state index < -0.39 is 59.2 Å². The summed E-state index contributed by atoms with van der Waals surface area (Å²) in [7, 11) is 0. The van der Waals surface area contributed by atoms with Gasteiger partial charge in [0.25, 0.3) is 0 Å². The summed E-state index contributed by atoms with van der Waals surface area (Å²) in [5, 5.41) is 2.65. The fourth-order valence-corrected chi connectivity index (χ4v) is 4.02. The molecule has 37 heavy (non-hydrogen) atoms. The molecule has 2 aromatic carbocycles. The second-order valence-electron chi connectivity index (χ2n) is 9.96. The number of rotatable bonds is 6. The van der Waals surface area contributed by atoms with Crippen molar-refractivity contribution in [1.82, 2.24) is 5.32 Å². The van der Waals surface area contributed by atoms with Gasteiger partial charge in [0.1, 0.15) is 11.7 Å². The van der Waals surface area contributed by atoms with E-state index in [9.17, 15) is 35.9 Å². The van der Waals surface area contributed by atoms with Crippen LogP contribution in [0.4, 0.5) is 31.1 Å². The first kappa shape index (κ1) is 28.3. The molecular formula is C26H27F6NO4. The molecule has 0 saturated carbocycles. The summed E-state index contributed by atoms with van der Waals surface area (Å²) in [6.45, 7) is 4.98. The molecule has 11 heteroatoms. The molecule has 1 amide bonds. The zero-order valence-electron chi connectivity index (χ0n) is 20.4. The van der Waals surface area contributed by atoms with Crippen LogP contribution in [0.15, 0.2) is 48.5 Å². The molecule has 3 rings (SSSR count). The maximum absolute atomic E-state index is 12.9. The van der Waals surface area contributed by atoms with Gasteiger partial charge in [-0.1, -0.05) is 24.3 Å². The molecule has 0 bridgehead atoms. The van der Waals surface area contributed by atoms with E-state index in [-0.39, 0.29) is 19.3 Å². The van der Waals surface area contributed by atoms with Crippen molar-refractivity contribution < 1.29 is 45.4 Å². The molecule has 1 heterocycles. The summed E-state index contributed by atoms with van der Waals surface area (Å²) in [6.07, 6.45) is -10.2. The summed E-state index contributed by atoms with van der Waals surface area (Å²) >= 11 is 0. The minimum absolute atomic E-state index is 0.0579. The van der Waals surface area contributed by atoms with Crippen molar-refractivity contribution in [3.63, 3.8) is 0 Å². The van der Waals surface area contributed by atoms with E-state index in [0.717, 1.165) is 24.3 Å². The number of carbonyl (C=O) groups is 2. The number of amides is 1. The van der Waals surface area contributed by atoms with Gasteiger partial charge in [0.15, 0.2) is 0 Å². The van der Waals surface area contributed by atoms with Crippen LogP contribution in [0.5, 0.6) is 0 Å². The van der Waals surface area contributed by atoms with E-state index >= 15 is 0 Å². The average molecular weight is 531 g/mol. The first-order chi connectivity index (χ1) is 17.0. The number of halogens is 6. The van der Waals surface area contributed by atoms with Crippen LogP contribution in [0.3, 0.4) is 0 Å². The van der Waals surface area contributed by atoms with Crippen molar-refractivity contribution in [3.8, 4) is 0 Å². The molecule has 1 aliphatic heterocycles. The van der Waals surface area contributed by atoms with E-state index in [1.807, 2.05) is 0 Å². The fourth-order valence-electron chi connectivity index (χ4n) is 4.02. The molecule has 0 radical (unpaired) electrons. The molecule has 3 atom stereocenters. The SMILES string of the molecule is CC(C)(C)OC(=O)N[C@@H](Cc1ccc(C(F)(F)F)cc1)[C@@H]1C[C@@H](Cc2ccc(C(F)(F)F)cc2)C(=O)O1. The largest absolute Gasteiger partial charge is 0.460 e. The Hall–Kier alpha value is -3.24. The van der Waals surface area contributed by atoms with Gasteiger partial charge in [-0.05, 0) is 69.0 Å². The number of hydrogen-bond donors (Lipinski definition) is 1. The van der Waals surface area contributed by atoms with Crippen molar-refractivity contribution in [2.75, 3.05) is 0 Å². The monoisotopic (exact) mass is 531 g/mol. The molecule has 0 aliphatic carbocycles. The Bertz CT molecular complexity index is 1090. The highest BCUT2D eigenvalue weighted by Crippen LogP contribution is 2.32. The van der Waals surface area contributed by atoms with Crippen LogP contribution in [-0.2, 0) is 39.5 Å². The third kappa shape index (κ3) is 8.13. The molecule has 1 N–H and O–H groups in total. The molecule has 0 spiro atoms. The van der Waals surface area contributed by atoms with Crippen LogP contribution in [0.25, 0.3) is 0 Å². The number of esters is 1. The van der Waals surface area contributed by atoms with Crippen LogP contribution in [0, 0.1) is 5.92 Å². The third-order valence-electron chi connectivity index (χ3n) is 5.77. The normalized spacial score (nSPS) is 19.3. The molecule has 0 unspecified atom stereocenters. The summed E-state index contributed by atoms with van der Waals surface area (Å²) in [5.41, 5.74) is -1.47. The Morgan fingerprint density at radius 1 is 0.919 bits per heavy atom. The fraction of sp³-hybridized carbons (Fsp3) is 0.462. The second-order valence-corrected chi connectivity index (χ2v) is 9.96. The number of ether oxygens (including phenoxy) is 2. The van der Waals surface area contributed by atoms with E-state index in [0.29, 0.717) is 11.1 Å². The molecule has 1 aliphatic rings. The third-order valence-corrected chi connectivity index (χ3v) is 5.77. The topological polar surface area (TPSA) is 64.6 Å². The van der Waals surface area contributed by atoms with Gasteiger partial charge in [-0.3, -0.25) is 4.79 Å². The smallest absolute Gasteiger partial charge is 0.416 e. The predicted molar refractivity (Wildman–Crippen MR) is 121 cm³/mol. The Labute approximate surface area is 210 Å². The van der Waals surface area contributed by atoms with Crippen LogP contribution in [-0.4, -0.2) is 29.8 Å². The Kier molecular flexibility index (Phi) is 8.14. The highest BCUT2D eigenvalue weighted by atomic mass is 19.4. The van der Waals surface area contributed by atoms with Gasteiger partial charge in [-0.2, -0.15) is 26.3 Å². The number of carbonyl (C=O) groups excluding carboxylic acids is 2. The van der Waals surface area contributed by atoms with Gasteiger partial charge in [-0.15, -0.1) is 0 Å². The van der Waals surface area contributed by atoms with Crippen molar-refractivity contribution >= 4 is 12.1 Å². The number of cyclic esters (lactones) is 1. The molecule has 202 valence electrons. The van der Waals surface area contributed by atoms with Crippen LogP contribution >= 0.6 is 0 Å². The summed E-state index contributed by atoms with van der Waals surface area (Å²) in [5.74, 6) is -1.24. The predicted octanol–water partition coefficient (Wildman–Crippen LogP) is 6.33. The van der Waals surface area contributed by atoms with Crippen LogP contribution in [0.1, 0.15) is 49.4 Å². The minimum atomic E-state index is -4.50. The number of nitrogens with one attached hydrogen (secondary N) is 1. The zero-order chi connectivity index (χ0) is 27.6. The lowest BCUT2D eigenvalue weighted by molar-refractivity contribution is -0.145. The average Bonchev–Trinajstić information content (AvgIpc) is 3.11. The first-order valence-corrected chi connectivity index (χ1v) is 11.5. The quantitative estimate of drug-likeness (QED) is 0.349. The standard InChI is InChI=1S/C26H27F6NO4/c1-24(2,3)37-23(35)33-20(13-16-6-10-19(11-7-16)26(30,31)32)21-14-17(22(34)36-21)12-15-4-8-18(9-5-15)25(27,28)29/h4-11,17,20-21H,12-14H2,1-3H3,(H,33,35)/t17-,20+,21+/m1/s1. The Morgan fingerprint density at radius 3 is 1.86 bits per heavy atom. The van der Waals surface area contributed by atoms with Crippen molar-refractivity contribution in [2.24, 2.45) is 5.92 Å². The maximum atomic E-state index is 12.9. The lowest BCUT2D eigenvalue weighted by Gasteiger charge is -2.26. The van der Waals surface area contributed by atoms with Gasteiger partial charge >= 0.3 is 24.4 Å². The van der Waals surface area contributed by atoms with Crippen molar-refractivity contribution in [3.05, 3.63) is 70.8 Å². The van der Waals surface area contributed by atoms with Crippen LogP contribution in [0.2, 0.25) is 0 Å². The molecule has 5 nitrogen and oxygen atoms in total. The lowest BCUT2D eigenvalue weighted by Crippen LogP contribution is -2.46. The van der Waals surface area contributed by atoms with Gasteiger partial charge in [-0.25, -0.2) is 4.79 Å². The van der Waals surface area contributed by atoms with E-state index in [2.05, 4.69) is 5.32 Å². The Balaban J connectivity index is 1.75. The van der Waals surface area contributed by atoms with Gasteiger partial charge in [0.2, 0.25) is 0 Å². The summed E-state index contributed by atoms with van der Waals surface area (Å²) in [6, 6.07) is 8.06. The highest BCUT2D eigenvalue weighted by Gasteiger charge is 2.40. The minimum Gasteiger partial charge on any atom is -0.460 e. The number of hydrogen-bond acceptors (Lipinski definition) is 4. The Morgan fingerprint density at radius 2 is 1.41 bits per heavy atom. The number of alkyl carbamates (subject to hydrolysis) is 1. The zero-order valence-corrected chi connectivity index (χ0v) is 20.4. The molecule has 2 aromatic rings. The van der Waals surface area contributed by atoms with Crippen molar-refractivity contribution in [2.45, 2.75) is 70.1 Å². The number of benzene rings is 2. The van der Waals surface area contributed by atoms with Gasteiger partial charge in [0, 0.05) is 6.42 Å². The molecule has 1 saturated heterocycles. The molecular weight excluding hydrogens is 504 g/mol. The van der Waals surface area contributed by atoms with Crippen molar-refractivity contribution in [1.29, 1.82) is 0 Å². The van der Waals surface area contributed by atoms with E-state index in [1.165, 1.54) is 24.3 Å². The maximum Gasteiger partial charge on any atom is 0.416 e. The summed E-state index contributed by atoms with van der Waals surface area (Å²) < 4.78 is 88.0. The summed E-state index contributed by atoms with van der Waals surface area (Å²) in [4.78, 5) is 25.0. The second kappa shape index (κ2) is 10.6. The van der Waals surface area contributed by atoms with E-state index in [1.54, 1.807) is 20.8 Å². The van der Waals surface area contributed by atoms with Gasteiger partial charge in [0.05, 0.1) is 23.1 Å². The number of alkyl halides is 6. The van der Waals surface area contributed by atoms with E-state index in [4.69, 9.17) is 9.47 Å². The highest BCUT2D eigenvalue weighted by molar-refractivity contribution is 5.75. The van der Waals surface area contributed by atoms with Crippen LogP contribution < -0.4 is 5.32 Å². The first-order valence-electron chi connectivity index (χ1n) is 11.5. The molecule has 1 fully saturated rings.